The topological polar surface area (TPSA) is 105 Å². The minimum Gasteiger partial charge on any atom is -0.469 e. The van der Waals surface area contributed by atoms with E-state index >= 15 is 0 Å². The van der Waals surface area contributed by atoms with Crippen molar-refractivity contribution in [3.8, 4) is 0 Å². The molecule has 9 heteroatoms. The summed E-state index contributed by atoms with van der Waals surface area (Å²) in [5, 5.41) is 2.99. The van der Waals surface area contributed by atoms with Crippen molar-refractivity contribution in [1.29, 1.82) is 0 Å². The van der Waals surface area contributed by atoms with Gasteiger partial charge < -0.3 is 19.7 Å². The standard InChI is InChI=1S/C32H41N3O6/c1-32(2,3)41-31(39)34-20-24-13-12-23(17-26(24)21-34)29(37)33-15-14-27-18-25(19-28(36)40-4)30(38)35(27)16-8-11-22-9-6-5-7-10-22/h5-7,9-10,12-13,17,25,27H,8,11,14-16,18-21H2,1-4H3,(H,33,37)/t25-,27+/m0/s1. The Kier molecular flexibility index (Phi) is 9.68. The van der Waals surface area contributed by atoms with Gasteiger partial charge in [0.05, 0.1) is 19.4 Å². The molecule has 0 aliphatic carbocycles. The molecule has 9 nitrogen and oxygen atoms in total. The smallest absolute Gasteiger partial charge is 0.410 e. The van der Waals surface area contributed by atoms with E-state index in [1.54, 1.807) is 11.0 Å². The number of aryl methyl sites for hydroxylation is 1. The molecule has 2 atom stereocenters. The summed E-state index contributed by atoms with van der Waals surface area (Å²) in [5.74, 6) is -1.00. The Balaban J connectivity index is 1.32. The Bertz CT molecular complexity index is 1260. The molecule has 2 aliphatic heterocycles. The van der Waals surface area contributed by atoms with Crippen molar-refractivity contribution in [1.82, 2.24) is 15.1 Å². The van der Waals surface area contributed by atoms with E-state index in [9.17, 15) is 19.2 Å². The van der Waals surface area contributed by atoms with E-state index < -0.39 is 11.5 Å². The molecular weight excluding hydrogens is 522 g/mol. The summed E-state index contributed by atoms with van der Waals surface area (Å²) in [5.41, 5.74) is 3.11. The number of hydrogen-bond acceptors (Lipinski definition) is 6. The number of hydrogen-bond donors (Lipinski definition) is 1. The molecule has 0 radical (unpaired) electrons. The fourth-order valence-corrected chi connectivity index (χ4v) is 5.54. The molecule has 220 valence electrons. The third kappa shape index (κ3) is 8.08. The first-order valence-electron chi connectivity index (χ1n) is 14.3. The number of nitrogens with one attached hydrogen (secondary N) is 1. The zero-order valence-corrected chi connectivity index (χ0v) is 24.5. The van der Waals surface area contributed by atoms with Gasteiger partial charge in [0, 0.05) is 37.8 Å². The highest BCUT2D eigenvalue weighted by atomic mass is 16.6. The van der Waals surface area contributed by atoms with E-state index in [1.807, 2.05) is 56.0 Å². The van der Waals surface area contributed by atoms with Crippen LogP contribution in [-0.2, 0) is 38.6 Å². The molecule has 0 bridgehead atoms. The van der Waals surface area contributed by atoms with Crippen molar-refractivity contribution in [2.45, 2.75) is 77.6 Å². The lowest BCUT2D eigenvalue weighted by atomic mass is 10.00. The summed E-state index contributed by atoms with van der Waals surface area (Å²) in [6.45, 7) is 7.36. The number of methoxy groups -OCH3 is 1. The summed E-state index contributed by atoms with van der Waals surface area (Å²) in [4.78, 5) is 54.1. The van der Waals surface area contributed by atoms with E-state index in [-0.39, 0.29) is 36.3 Å². The molecule has 4 rings (SSSR count). The Hall–Kier alpha value is -3.88. The summed E-state index contributed by atoms with van der Waals surface area (Å²) >= 11 is 0. The SMILES string of the molecule is COC(=O)C[C@@H]1C[C@@H](CCNC(=O)c2ccc3c(c2)CN(C(=O)OC(C)(C)C)C3)N(CCCc2ccccc2)C1=O. The highest BCUT2D eigenvalue weighted by Crippen LogP contribution is 2.30. The number of ether oxygens (including phenoxy) is 2. The van der Waals surface area contributed by atoms with Crippen LogP contribution >= 0.6 is 0 Å². The number of likely N-dealkylation sites (tertiary alicyclic amines) is 1. The Morgan fingerprint density at radius 1 is 1.02 bits per heavy atom. The third-order valence-corrected chi connectivity index (χ3v) is 7.58. The molecule has 2 aliphatic rings. The number of esters is 1. The molecule has 2 aromatic carbocycles. The number of carbonyl (C=O) groups is 4. The van der Waals surface area contributed by atoms with Crippen LogP contribution in [0.15, 0.2) is 48.5 Å². The average molecular weight is 564 g/mol. The normalized spacial score (nSPS) is 18.3. The lowest BCUT2D eigenvalue weighted by Crippen LogP contribution is -2.37. The second kappa shape index (κ2) is 13.2. The Morgan fingerprint density at radius 3 is 2.46 bits per heavy atom. The molecule has 1 N–H and O–H groups in total. The van der Waals surface area contributed by atoms with E-state index in [0.717, 1.165) is 24.0 Å². The maximum Gasteiger partial charge on any atom is 0.410 e. The van der Waals surface area contributed by atoms with Crippen LogP contribution in [0.5, 0.6) is 0 Å². The molecular formula is C32H41N3O6. The van der Waals surface area contributed by atoms with Crippen LogP contribution < -0.4 is 5.32 Å². The molecule has 1 saturated heterocycles. The molecule has 0 saturated carbocycles. The van der Waals surface area contributed by atoms with Gasteiger partial charge in [-0.05, 0) is 75.3 Å². The van der Waals surface area contributed by atoms with Gasteiger partial charge in [0.2, 0.25) is 5.91 Å². The quantitative estimate of drug-likeness (QED) is 0.428. The van der Waals surface area contributed by atoms with Gasteiger partial charge in [0.15, 0.2) is 0 Å². The summed E-state index contributed by atoms with van der Waals surface area (Å²) < 4.78 is 10.3. The van der Waals surface area contributed by atoms with Gasteiger partial charge in [-0.25, -0.2) is 4.79 Å². The van der Waals surface area contributed by atoms with Gasteiger partial charge in [-0.2, -0.15) is 0 Å². The number of nitrogens with zero attached hydrogens (tertiary/aromatic N) is 2. The van der Waals surface area contributed by atoms with E-state index in [1.165, 1.54) is 12.7 Å². The number of amides is 3. The van der Waals surface area contributed by atoms with Crippen LogP contribution in [0, 0.1) is 5.92 Å². The molecule has 2 aromatic rings. The molecule has 3 amide bonds. The largest absolute Gasteiger partial charge is 0.469 e. The zero-order valence-electron chi connectivity index (χ0n) is 24.5. The van der Waals surface area contributed by atoms with E-state index in [0.29, 0.717) is 44.6 Å². The predicted molar refractivity (Wildman–Crippen MR) is 154 cm³/mol. The molecule has 41 heavy (non-hydrogen) atoms. The molecule has 0 aromatic heterocycles. The van der Waals surface area contributed by atoms with Crippen LogP contribution in [0.25, 0.3) is 0 Å². The summed E-state index contributed by atoms with van der Waals surface area (Å²) in [6, 6.07) is 15.6. The first-order valence-corrected chi connectivity index (χ1v) is 14.3. The minimum atomic E-state index is -0.572. The van der Waals surface area contributed by atoms with Crippen LogP contribution in [-0.4, -0.2) is 65.5 Å². The molecule has 0 unspecified atom stereocenters. The van der Waals surface area contributed by atoms with Gasteiger partial charge in [-0.1, -0.05) is 36.4 Å². The van der Waals surface area contributed by atoms with Crippen LogP contribution in [0.1, 0.15) is 73.5 Å². The lowest BCUT2D eigenvalue weighted by molar-refractivity contribution is -0.144. The zero-order chi connectivity index (χ0) is 29.6. The number of carbonyl (C=O) groups excluding carboxylic acids is 4. The van der Waals surface area contributed by atoms with Crippen molar-refractivity contribution in [3.05, 3.63) is 70.8 Å². The second-order valence-corrected chi connectivity index (χ2v) is 11.9. The van der Waals surface area contributed by atoms with Crippen molar-refractivity contribution in [3.63, 3.8) is 0 Å². The average Bonchev–Trinajstić information content (AvgIpc) is 3.49. The third-order valence-electron chi connectivity index (χ3n) is 7.58. The van der Waals surface area contributed by atoms with Crippen molar-refractivity contribution in [2.75, 3.05) is 20.2 Å². The summed E-state index contributed by atoms with van der Waals surface area (Å²) in [6.07, 6.45) is 2.54. The van der Waals surface area contributed by atoms with Gasteiger partial charge in [0.1, 0.15) is 5.60 Å². The maximum absolute atomic E-state index is 13.2. The van der Waals surface area contributed by atoms with Gasteiger partial charge in [-0.15, -0.1) is 0 Å². The fourth-order valence-electron chi connectivity index (χ4n) is 5.54. The number of rotatable bonds is 10. The lowest BCUT2D eigenvalue weighted by Gasteiger charge is -2.25. The highest BCUT2D eigenvalue weighted by molar-refractivity contribution is 5.94. The molecule has 1 fully saturated rings. The van der Waals surface area contributed by atoms with E-state index in [4.69, 9.17) is 9.47 Å². The van der Waals surface area contributed by atoms with Gasteiger partial charge in [-0.3, -0.25) is 19.3 Å². The Morgan fingerprint density at radius 2 is 1.76 bits per heavy atom. The van der Waals surface area contributed by atoms with Crippen molar-refractivity contribution < 1.29 is 28.7 Å². The van der Waals surface area contributed by atoms with E-state index in [2.05, 4.69) is 17.4 Å². The van der Waals surface area contributed by atoms with Crippen LogP contribution in [0.4, 0.5) is 4.79 Å². The fraction of sp³-hybridized carbons (Fsp3) is 0.500. The number of benzene rings is 2. The first kappa shape index (κ1) is 30.1. The van der Waals surface area contributed by atoms with Crippen LogP contribution in [0.2, 0.25) is 0 Å². The summed E-state index contributed by atoms with van der Waals surface area (Å²) in [7, 11) is 1.33. The Labute approximate surface area is 242 Å². The number of fused-ring (bicyclic) bond motifs is 1. The second-order valence-electron chi connectivity index (χ2n) is 11.9. The van der Waals surface area contributed by atoms with Crippen molar-refractivity contribution in [2.24, 2.45) is 5.92 Å². The van der Waals surface area contributed by atoms with Crippen molar-refractivity contribution >= 4 is 23.9 Å². The molecule has 2 heterocycles. The maximum atomic E-state index is 13.2. The van der Waals surface area contributed by atoms with Gasteiger partial charge >= 0.3 is 12.1 Å². The van der Waals surface area contributed by atoms with Crippen LogP contribution in [0.3, 0.4) is 0 Å². The molecule has 0 spiro atoms. The predicted octanol–water partition coefficient (Wildman–Crippen LogP) is 4.47. The first-order chi connectivity index (χ1) is 19.5. The monoisotopic (exact) mass is 563 g/mol. The van der Waals surface area contributed by atoms with Gasteiger partial charge in [0.25, 0.3) is 5.91 Å². The minimum absolute atomic E-state index is 0.0204. The highest BCUT2D eigenvalue weighted by Gasteiger charge is 2.40.